The number of nitrogens with zero attached hydrogens (tertiary/aromatic N) is 2. The minimum Gasteiger partial charge on any atom is -0.487 e. The summed E-state index contributed by atoms with van der Waals surface area (Å²) in [5, 5.41) is 3.21. The Morgan fingerprint density at radius 3 is 2.50 bits per heavy atom. The number of amides is 1. The van der Waals surface area contributed by atoms with E-state index in [2.05, 4.69) is 105 Å². The quantitative estimate of drug-likeness (QED) is 0.211. The van der Waals surface area contributed by atoms with Crippen LogP contribution < -0.4 is 4.74 Å². The number of fused-ring (bicyclic) bond motifs is 1. The molecule has 1 saturated heterocycles. The number of hydrogen-bond acceptors (Lipinski definition) is 4. The molecule has 1 aliphatic heterocycles. The summed E-state index contributed by atoms with van der Waals surface area (Å²) in [6.45, 7) is 5.75. The van der Waals surface area contributed by atoms with E-state index in [4.69, 9.17) is 4.74 Å². The van der Waals surface area contributed by atoms with Crippen LogP contribution in [-0.4, -0.2) is 29.1 Å². The first-order valence-electron chi connectivity index (χ1n) is 10.4. The summed E-state index contributed by atoms with van der Waals surface area (Å²) >= 11 is 6.06. The Labute approximate surface area is 219 Å². The normalized spacial score (nSPS) is 16.5. The van der Waals surface area contributed by atoms with Crippen molar-refractivity contribution in [2.24, 2.45) is 4.99 Å². The lowest BCUT2D eigenvalue weighted by molar-refractivity contribution is -0.122. The summed E-state index contributed by atoms with van der Waals surface area (Å²) in [5.74, 6) is 0.890. The maximum absolute atomic E-state index is 12.8. The Hall–Kier alpha value is -1.59. The molecule has 0 spiro atoms. The first kappa shape index (κ1) is 23.6. The van der Waals surface area contributed by atoms with Crippen LogP contribution in [0.4, 0.5) is 0 Å². The largest absolute Gasteiger partial charge is 0.487 e. The number of hydrogen-bond donors (Lipinski definition) is 0. The van der Waals surface area contributed by atoms with Gasteiger partial charge in [0.15, 0.2) is 5.17 Å². The molecule has 3 aromatic rings. The second-order valence-electron chi connectivity index (χ2n) is 7.16. The molecule has 3 aromatic carbocycles. The number of thioether (sulfide) groups is 1. The first-order valence-corrected chi connectivity index (χ1v) is 13.3. The van der Waals surface area contributed by atoms with Gasteiger partial charge in [0.2, 0.25) is 0 Å². The molecule has 4 rings (SSSR count). The van der Waals surface area contributed by atoms with Gasteiger partial charge in [-0.3, -0.25) is 14.7 Å². The van der Waals surface area contributed by atoms with Crippen LogP contribution >= 0.6 is 56.9 Å². The van der Waals surface area contributed by atoms with E-state index in [0.717, 1.165) is 29.2 Å². The molecular formula is C25H22I2N2O2S. The Morgan fingerprint density at radius 1 is 1.06 bits per heavy atom. The number of likely N-dealkylation sites (N-methyl/N-ethyl adjacent to an activating group) is 1. The van der Waals surface area contributed by atoms with Crippen LogP contribution in [0.2, 0.25) is 0 Å². The van der Waals surface area contributed by atoms with Crippen molar-refractivity contribution in [1.82, 2.24) is 4.90 Å². The Kier molecular flexibility index (Phi) is 7.78. The van der Waals surface area contributed by atoms with E-state index >= 15 is 0 Å². The lowest BCUT2D eigenvalue weighted by atomic mass is 10.1. The van der Waals surface area contributed by atoms with Crippen LogP contribution in [0.25, 0.3) is 16.8 Å². The van der Waals surface area contributed by atoms with E-state index in [1.165, 1.54) is 22.5 Å². The SMILES string of the molecule is CCN=C1S/C(=C\c2cc(I)c(OCc3cccc4ccccc34)c(I)c2)C(=O)N1CC. The van der Waals surface area contributed by atoms with Gasteiger partial charge in [0.1, 0.15) is 12.4 Å². The minimum absolute atomic E-state index is 0.0194. The highest BCUT2D eigenvalue weighted by Crippen LogP contribution is 2.35. The summed E-state index contributed by atoms with van der Waals surface area (Å²) in [6, 6.07) is 18.8. The van der Waals surface area contributed by atoms with Gasteiger partial charge >= 0.3 is 0 Å². The third-order valence-electron chi connectivity index (χ3n) is 5.07. The van der Waals surface area contributed by atoms with Crippen molar-refractivity contribution in [1.29, 1.82) is 0 Å². The lowest BCUT2D eigenvalue weighted by Crippen LogP contribution is -2.28. The molecule has 1 aliphatic rings. The van der Waals surface area contributed by atoms with Crippen molar-refractivity contribution in [2.45, 2.75) is 20.5 Å². The van der Waals surface area contributed by atoms with Crippen LogP contribution in [0, 0.1) is 7.14 Å². The molecule has 32 heavy (non-hydrogen) atoms. The van der Waals surface area contributed by atoms with Gasteiger partial charge in [0.25, 0.3) is 5.91 Å². The third-order valence-corrected chi connectivity index (χ3v) is 7.72. The fourth-order valence-electron chi connectivity index (χ4n) is 3.56. The number of amidine groups is 1. The number of aliphatic imine (C=N–C) groups is 1. The molecule has 164 valence electrons. The zero-order valence-corrected chi connectivity index (χ0v) is 22.9. The van der Waals surface area contributed by atoms with E-state index in [-0.39, 0.29) is 5.91 Å². The van der Waals surface area contributed by atoms with Crippen molar-refractivity contribution in [3.63, 3.8) is 0 Å². The van der Waals surface area contributed by atoms with Crippen molar-refractivity contribution in [2.75, 3.05) is 13.1 Å². The van der Waals surface area contributed by atoms with E-state index in [0.29, 0.717) is 24.6 Å². The maximum atomic E-state index is 12.8. The van der Waals surface area contributed by atoms with Crippen molar-refractivity contribution in [3.05, 3.63) is 77.8 Å². The topological polar surface area (TPSA) is 41.9 Å². The minimum atomic E-state index is 0.0194. The number of carbonyl (C=O) groups excluding carboxylic acids is 1. The molecule has 0 bridgehead atoms. The second kappa shape index (κ2) is 10.6. The molecule has 1 fully saturated rings. The van der Waals surface area contributed by atoms with Gasteiger partial charge in [0, 0.05) is 13.1 Å². The average Bonchev–Trinajstić information content (AvgIpc) is 3.07. The summed E-state index contributed by atoms with van der Waals surface area (Å²) in [5.41, 5.74) is 2.15. The van der Waals surface area contributed by atoms with Crippen molar-refractivity contribution >= 4 is 84.9 Å². The molecule has 0 radical (unpaired) electrons. The second-order valence-corrected chi connectivity index (χ2v) is 10.5. The fourth-order valence-corrected chi connectivity index (χ4v) is 6.79. The fraction of sp³-hybridized carbons (Fsp3) is 0.200. The smallest absolute Gasteiger partial charge is 0.266 e. The zero-order chi connectivity index (χ0) is 22.7. The molecule has 0 saturated carbocycles. The summed E-state index contributed by atoms with van der Waals surface area (Å²) < 4.78 is 8.30. The van der Waals surface area contributed by atoms with Gasteiger partial charge in [-0.05, 0) is 111 Å². The van der Waals surface area contributed by atoms with Gasteiger partial charge in [0.05, 0.1) is 12.0 Å². The van der Waals surface area contributed by atoms with E-state index < -0.39 is 0 Å². The van der Waals surface area contributed by atoms with E-state index in [1.807, 2.05) is 19.9 Å². The predicted molar refractivity (Wildman–Crippen MR) is 151 cm³/mol. The van der Waals surface area contributed by atoms with Crippen LogP contribution in [0.5, 0.6) is 5.75 Å². The van der Waals surface area contributed by atoms with Gasteiger partial charge < -0.3 is 4.74 Å². The molecule has 0 atom stereocenters. The molecule has 0 aromatic heterocycles. The number of carbonyl (C=O) groups is 1. The highest BCUT2D eigenvalue weighted by Gasteiger charge is 2.31. The highest BCUT2D eigenvalue weighted by molar-refractivity contribution is 14.1. The summed E-state index contributed by atoms with van der Waals surface area (Å²) in [4.78, 5) is 19.7. The molecular weight excluding hydrogens is 646 g/mol. The predicted octanol–water partition coefficient (Wildman–Crippen LogP) is 6.94. The van der Waals surface area contributed by atoms with Crippen LogP contribution in [0.3, 0.4) is 0 Å². The van der Waals surface area contributed by atoms with Gasteiger partial charge in [-0.15, -0.1) is 0 Å². The van der Waals surface area contributed by atoms with Gasteiger partial charge in [-0.2, -0.15) is 0 Å². The zero-order valence-electron chi connectivity index (χ0n) is 17.8. The standard InChI is InChI=1S/C25H22I2N2O2S/c1-3-28-25-29(4-2)24(30)22(32-25)14-16-12-20(26)23(21(27)13-16)31-15-18-10-7-9-17-8-5-6-11-19(17)18/h5-14H,3-4,15H2,1-2H3/b22-14-,28-25?. The lowest BCUT2D eigenvalue weighted by Gasteiger charge is -2.13. The van der Waals surface area contributed by atoms with Crippen LogP contribution in [0.1, 0.15) is 25.0 Å². The third kappa shape index (κ3) is 4.99. The number of benzene rings is 3. The van der Waals surface area contributed by atoms with E-state index in [1.54, 1.807) is 4.90 Å². The monoisotopic (exact) mass is 668 g/mol. The molecule has 1 amide bonds. The number of rotatable bonds is 6. The molecule has 0 unspecified atom stereocenters. The molecule has 0 N–H and O–H groups in total. The molecule has 7 heteroatoms. The molecule has 4 nitrogen and oxygen atoms in total. The van der Waals surface area contributed by atoms with Crippen LogP contribution in [0.15, 0.2) is 64.5 Å². The Bertz CT molecular complexity index is 1210. The average molecular weight is 668 g/mol. The van der Waals surface area contributed by atoms with Crippen molar-refractivity contribution < 1.29 is 9.53 Å². The van der Waals surface area contributed by atoms with Crippen LogP contribution in [-0.2, 0) is 11.4 Å². The van der Waals surface area contributed by atoms with Gasteiger partial charge in [-0.1, -0.05) is 42.5 Å². The Morgan fingerprint density at radius 2 is 1.78 bits per heavy atom. The number of halogens is 2. The maximum Gasteiger partial charge on any atom is 0.266 e. The molecule has 1 heterocycles. The Balaban J connectivity index is 1.57. The summed E-state index contributed by atoms with van der Waals surface area (Å²) in [7, 11) is 0. The highest BCUT2D eigenvalue weighted by atomic mass is 127. The number of ether oxygens (including phenoxy) is 1. The van der Waals surface area contributed by atoms with Gasteiger partial charge in [-0.25, -0.2) is 0 Å². The first-order chi connectivity index (χ1) is 15.5. The van der Waals surface area contributed by atoms with E-state index in [9.17, 15) is 4.79 Å². The van der Waals surface area contributed by atoms with Crippen molar-refractivity contribution in [3.8, 4) is 5.75 Å². The molecule has 0 aliphatic carbocycles. The summed E-state index contributed by atoms with van der Waals surface area (Å²) in [6.07, 6.45) is 1.95.